The molecule has 0 radical (unpaired) electrons. The highest BCUT2D eigenvalue weighted by molar-refractivity contribution is 7.99. The lowest BCUT2D eigenvalue weighted by Gasteiger charge is -2.29. The van der Waals surface area contributed by atoms with E-state index in [4.69, 9.17) is 0 Å². The lowest BCUT2D eigenvalue weighted by atomic mass is 10.0. The highest BCUT2D eigenvalue weighted by Crippen LogP contribution is 2.15. The van der Waals surface area contributed by atoms with Crippen LogP contribution < -0.4 is 0 Å². The van der Waals surface area contributed by atoms with Crippen LogP contribution in [0.4, 0.5) is 0 Å². The quantitative estimate of drug-likeness (QED) is 0.900. The summed E-state index contributed by atoms with van der Waals surface area (Å²) in [5.74, 6) is 2.59. The first-order valence-corrected chi connectivity index (χ1v) is 9.73. The summed E-state index contributed by atoms with van der Waals surface area (Å²) in [5, 5.41) is 9.60. The van der Waals surface area contributed by atoms with E-state index < -0.39 is 0 Å². The topological polar surface area (TPSA) is 26.7 Å². The molecule has 2 aliphatic heterocycles. The third-order valence-electron chi connectivity index (χ3n) is 4.78. The Morgan fingerprint density at radius 1 is 1.00 bits per heavy atom. The molecule has 1 aromatic carbocycles. The van der Waals surface area contributed by atoms with Gasteiger partial charge in [-0.1, -0.05) is 24.3 Å². The fourth-order valence-electron chi connectivity index (χ4n) is 3.33. The summed E-state index contributed by atoms with van der Waals surface area (Å²) in [4.78, 5) is 5.06. The number of benzene rings is 1. The van der Waals surface area contributed by atoms with Crippen molar-refractivity contribution in [3.05, 3.63) is 35.4 Å². The zero-order valence-electron chi connectivity index (χ0n) is 13.4. The second-order valence-electron chi connectivity index (χ2n) is 6.53. The summed E-state index contributed by atoms with van der Waals surface area (Å²) in [5.41, 5.74) is 2.89. The van der Waals surface area contributed by atoms with Crippen LogP contribution >= 0.6 is 11.8 Å². The Bertz CT molecular complexity index is 454. The third kappa shape index (κ3) is 4.98. The molecule has 0 atom stereocenters. The van der Waals surface area contributed by atoms with Crippen LogP contribution in [0.25, 0.3) is 0 Å². The monoisotopic (exact) mass is 320 g/mol. The molecule has 22 heavy (non-hydrogen) atoms. The summed E-state index contributed by atoms with van der Waals surface area (Å²) < 4.78 is 0. The average molecular weight is 321 g/mol. The summed E-state index contributed by atoms with van der Waals surface area (Å²) >= 11 is 2.08. The molecule has 3 nitrogen and oxygen atoms in total. The van der Waals surface area contributed by atoms with Crippen LogP contribution in [-0.2, 0) is 13.0 Å². The molecule has 2 heterocycles. The molecule has 2 aliphatic rings. The molecule has 0 saturated carbocycles. The fourth-order valence-corrected chi connectivity index (χ4v) is 4.31. The van der Waals surface area contributed by atoms with Crippen molar-refractivity contribution in [2.24, 2.45) is 0 Å². The van der Waals surface area contributed by atoms with Gasteiger partial charge in [-0.05, 0) is 30.4 Å². The van der Waals surface area contributed by atoms with Gasteiger partial charge in [-0.15, -0.1) is 0 Å². The number of aliphatic hydroxyl groups is 1. The maximum absolute atomic E-state index is 9.60. The summed E-state index contributed by atoms with van der Waals surface area (Å²) in [7, 11) is 0. The van der Waals surface area contributed by atoms with Crippen molar-refractivity contribution < 1.29 is 5.11 Å². The third-order valence-corrected chi connectivity index (χ3v) is 5.72. The minimum atomic E-state index is -0.0784. The summed E-state index contributed by atoms with van der Waals surface area (Å²) in [6, 6.07) is 9.09. The first-order chi connectivity index (χ1) is 10.8. The molecule has 0 aliphatic carbocycles. The van der Waals surface area contributed by atoms with Crippen LogP contribution in [0.1, 0.15) is 24.0 Å². The van der Waals surface area contributed by atoms with Crippen molar-refractivity contribution in [1.82, 2.24) is 9.80 Å². The largest absolute Gasteiger partial charge is 0.393 e. The Morgan fingerprint density at radius 2 is 1.73 bits per heavy atom. The summed E-state index contributed by atoms with van der Waals surface area (Å²) in [6.07, 6.45) is 2.93. The van der Waals surface area contributed by atoms with E-state index in [1.165, 1.54) is 42.3 Å². The molecule has 0 aromatic heterocycles. The fraction of sp³-hybridized carbons (Fsp3) is 0.667. The lowest BCUT2D eigenvalue weighted by molar-refractivity contribution is 0.0792. The van der Waals surface area contributed by atoms with E-state index in [0.29, 0.717) is 0 Å². The van der Waals surface area contributed by atoms with Crippen molar-refractivity contribution >= 4 is 11.8 Å². The van der Waals surface area contributed by atoms with Crippen LogP contribution in [0.2, 0.25) is 0 Å². The molecule has 0 bridgehead atoms. The molecule has 1 aromatic rings. The van der Waals surface area contributed by atoms with Crippen molar-refractivity contribution in [2.75, 3.05) is 44.2 Å². The Kier molecular flexibility index (Phi) is 6.19. The number of rotatable bonds is 5. The molecule has 4 heteroatoms. The number of thioether (sulfide) groups is 1. The van der Waals surface area contributed by atoms with Crippen molar-refractivity contribution in [3.8, 4) is 0 Å². The van der Waals surface area contributed by atoms with E-state index in [0.717, 1.165) is 38.9 Å². The predicted molar refractivity (Wildman–Crippen MR) is 94.4 cm³/mol. The van der Waals surface area contributed by atoms with E-state index >= 15 is 0 Å². The van der Waals surface area contributed by atoms with Gasteiger partial charge in [0.1, 0.15) is 0 Å². The number of aliphatic hydroxyl groups excluding tert-OH is 1. The number of nitrogens with zero attached hydrogens (tertiary/aromatic N) is 2. The highest BCUT2D eigenvalue weighted by Gasteiger charge is 2.17. The van der Waals surface area contributed by atoms with Crippen LogP contribution in [0.3, 0.4) is 0 Å². The first-order valence-electron chi connectivity index (χ1n) is 8.58. The number of hydrogen-bond acceptors (Lipinski definition) is 4. The van der Waals surface area contributed by atoms with Crippen molar-refractivity contribution in [3.63, 3.8) is 0 Å². The van der Waals surface area contributed by atoms with Gasteiger partial charge in [-0.25, -0.2) is 0 Å². The smallest absolute Gasteiger partial charge is 0.0564 e. The normalized spacial score (nSPS) is 22.0. The minimum absolute atomic E-state index is 0.0784. The van der Waals surface area contributed by atoms with E-state index in [2.05, 4.69) is 45.8 Å². The zero-order valence-corrected chi connectivity index (χ0v) is 14.2. The molecule has 122 valence electrons. The predicted octanol–water partition coefficient (Wildman–Crippen LogP) is 2.23. The maximum atomic E-state index is 9.60. The van der Waals surface area contributed by atoms with E-state index in [1.54, 1.807) is 0 Å². The lowest BCUT2D eigenvalue weighted by Crippen LogP contribution is -2.35. The highest BCUT2D eigenvalue weighted by atomic mass is 32.2. The molecule has 2 fully saturated rings. The second-order valence-corrected chi connectivity index (χ2v) is 7.76. The molecule has 2 saturated heterocycles. The number of piperidine rings is 1. The Hall–Kier alpha value is -0.550. The van der Waals surface area contributed by atoms with Crippen LogP contribution in [-0.4, -0.2) is 65.2 Å². The second kappa shape index (κ2) is 8.34. The zero-order chi connectivity index (χ0) is 15.2. The van der Waals surface area contributed by atoms with Gasteiger partial charge in [0.2, 0.25) is 0 Å². The van der Waals surface area contributed by atoms with Gasteiger partial charge in [-0.3, -0.25) is 4.90 Å². The van der Waals surface area contributed by atoms with Gasteiger partial charge in [0.15, 0.2) is 0 Å². The van der Waals surface area contributed by atoms with Gasteiger partial charge >= 0.3 is 0 Å². The molecule has 0 amide bonds. The number of hydrogen-bond donors (Lipinski definition) is 1. The average Bonchev–Trinajstić information content (AvgIpc) is 2.57. The standard InChI is InChI=1S/C18H28N2OS/c21-18-5-8-20(9-6-18)15-17-3-1-2-16(14-17)4-7-19-10-12-22-13-11-19/h1-3,14,18,21H,4-13,15H2. The SMILES string of the molecule is OC1CCN(Cc2cccc(CCN3CCSCC3)c2)CC1. The summed E-state index contributed by atoms with van der Waals surface area (Å²) in [6.45, 7) is 6.77. The molecular formula is C18H28N2OS. The van der Waals surface area contributed by atoms with E-state index in [-0.39, 0.29) is 6.10 Å². The van der Waals surface area contributed by atoms with Gasteiger partial charge < -0.3 is 10.0 Å². The van der Waals surface area contributed by atoms with Gasteiger partial charge in [-0.2, -0.15) is 11.8 Å². The molecule has 0 spiro atoms. The minimum Gasteiger partial charge on any atom is -0.393 e. The van der Waals surface area contributed by atoms with Gasteiger partial charge in [0.05, 0.1) is 6.10 Å². The molecule has 0 unspecified atom stereocenters. The van der Waals surface area contributed by atoms with Gasteiger partial charge in [0, 0.05) is 50.8 Å². The molecule has 3 rings (SSSR count). The Morgan fingerprint density at radius 3 is 2.50 bits per heavy atom. The van der Waals surface area contributed by atoms with E-state index in [1.807, 2.05) is 0 Å². The van der Waals surface area contributed by atoms with E-state index in [9.17, 15) is 5.11 Å². The Balaban J connectivity index is 1.49. The molecular weight excluding hydrogens is 292 g/mol. The van der Waals surface area contributed by atoms with Crippen LogP contribution in [0.5, 0.6) is 0 Å². The Labute approximate surface area is 138 Å². The first kappa shape index (κ1) is 16.3. The van der Waals surface area contributed by atoms with Crippen molar-refractivity contribution in [2.45, 2.75) is 31.9 Å². The van der Waals surface area contributed by atoms with Crippen LogP contribution in [0, 0.1) is 0 Å². The van der Waals surface area contributed by atoms with Crippen molar-refractivity contribution in [1.29, 1.82) is 0 Å². The van der Waals surface area contributed by atoms with Crippen LogP contribution in [0.15, 0.2) is 24.3 Å². The molecule has 1 N–H and O–H groups in total. The van der Waals surface area contributed by atoms with Gasteiger partial charge in [0.25, 0.3) is 0 Å². The maximum Gasteiger partial charge on any atom is 0.0564 e. The number of likely N-dealkylation sites (tertiary alicyclic amines) is 1.